The molecule has 1 aliphatic heterocycles. The molecular formula is C20H27N3O6. The van der Waals surface area contributed by atoms with Crippen LogP contribution >= 0.6 is 0 Å². The number of carbonyl (C=O) groups is 4. The van der Waals surface area contributed by atoms with Gasteiger partial charge in [0, 0.05) is 6.54 Å². The molecule has 0 bridgehead atoms. The molecule has 1 heterocycles. The van der Waals surface area contributed by atoms with Gasteiger partial charge in [0.15, 0.2) is 0 Å². The van der Waals surface area contributed by atoms with Crippen molar-refractivity contribution in [3.05, 3.63) is 30.3 Å². The monoisotopic (exact) mass is 405 g/mol. The van der Waals surface area contributed by atoms with Crippen molar-refractivity contribution in [3.63, 3.8) is 0 Å². The fourth-order valence-electron chi connectivity index (χ4n) is 3.13. The highest BCUT2D eigenvalue weighted by Gasteiger charge is 2.39. The first-order chi connectivity index (χ1) is 13.7. The molecule has 3 amide bonds. The van der Waals surface area contributed by atoms with Gasteiger partial charge in [0.05, 0.1) is 0 Å². The summed E-state index contributed by atoms with van der Waals surface area (Å²) in [7, 11) is 0. The fourth-order valence-corrected chi connectivity index (χ4v) is 3.13. The van der Waals surface area contributed by atoms with Gasteiger partial charge in [-0.3, -0.25) is 9.59 Å². The van der Waals surface area contributed by atoms with E-state index in [1.54, 1.807) is 44.2 Å². The van der Waals surface area contributed by atoms with Crippen molar-refractivity contribution < 1.29 is 29.0 Å². The van der Waals surface area contributed by atoms with Crippen molar-refractivity contribution in [2.45, 2.75) is 51.7 Å². The predicted octanol–water partition coefficient (Wildman–Crippen LogP) is 1.38. The Kier molecular flexibility index (Phi) is 7.58. The van der Waals surface area contributed by atoms with Crippen LogP contribution in [0.4, 0.5) is 4.79 Å². The summed E-state index contributed by atoms with van der Waals surface area (Å²) in [6.45, 7) is 5.33. The number of hydrogen-bond acceptors (Lipinski definition) is 5. The molecular weight excluding hydrogens is 378 g/mol. The van der Waals surface area contributed by atoms with Crippen molar-refractivity contribution in [2.75, 3.05) is 6.54 Å². The van der Waals surface area contributed by atoms with E-state index < -0.39 is 42.0 Å². The molecule has 158 valence electrons. The maximum Gasteiger partial charge on any atom is 0.413 e. The van der Waals surface area contributed by atoms with Crippen LogP contribution in [0.3, 0.4) is 0 Å². The Morgan fingerprint density at radius 3 is 2.34 bits per heavy atom. The number of carboxylic acid groups (broad SMARTS) is 1. The van der Waals surface area contributed by atoms with Gasteiger partial charge in [-0.15, -0.1) is 0 Å². The minimum atomic E-state index is -1.05. The molecule has 1 saturated heterocycles. The van der Waals surface area contributed by atoms with Gasteiger partial charge in [0.25, 0.3) is 0 Å². The molecule has 1 fully saturated rings. The van der Waals surface area contributed by atoms with Crippen LogP contribution in [0, 0.1) is 5.92 Å². The topological polar surface area (TPSA) is 125 Å². The van der Waals surface area contributed by atoms with Crippen LogP contribution in [0.1, 0.15) is 33.6 Å². The lowest BCUT2D eigenvalue weighted by Gasteiger charge is -2.30. The van der Waals surface area contributed by atoms with Gasteiger partial charge in [0.2, 0.25) is 11.8 Å². The number of ether oxygens (including phenoxy) is 1. The van der Waals surface area contributed by atoms with E-state index in [0.717, 1.165) is 0 Å². The highest BCUT2D eigenvalue weighted by atomic mass is 16.6. The predicted molar refractivity (Wildman–Crippen MR) is 104 cm³/mol. The number of amides is 3. The molecule has 0 aromatic heterocycles. The third kappa shape index (κ3) is 5.94. The van der Waals surface area contributed by atoms with Gasteiger partial charge < -0.3 is 25.4 Å². The third-order valence-electron chi connectivity index (χ3n) is 4.73. The van der Waals surface area contributed by atoms with Crippen LogP contribution in [-0.2, 0) is 14.4 Å². The molecule has 1 aromatic carbocycles. The van der Waals surface area contributed by atoms with Crippen molar-refractivity contribution in [2.24, 2.45) is 5.92 Å². The first-order valence-corrected chi connectivity index (χ1v) is 9.57. The van der Waals surface area contributed by atoms with Crippen LogP contribution in [0.15, 0.2) is 30.3 Å². The third-order valence-corrected chi connectivity index (χ3v) is 4.73. The molecule has 0 saturated carbocycles. The Hall–Kier alpha value is -3.10. The molecule has 3 N–H and O–H groups in total. The van der Waals surface area contributed by atoms with Crippen molar-refractivity contribution in [1.29, 1.82) is 0 Å². The van der Waals surface area contributed by atoms with E-state index in [1.807, 2.05) is 0 Å². The number of rotatable bonds is 7. The standard InChI is InChI=1S/C20H27N3O6/c1-12(2)16(18(25)23-11-7-10-15(23)19(26)27)22-17(24)13(3)21-20(28)29-14-8-5-4-6-9-14/h4-6,8-9,12-13,15-16H,7,10-11H2,1-3H3,(H,21,28)(H,22,24)(H,26,27). The Balaban J connectivity index is 1.96. The maximum absolute atomic E-state index is 12.9. The molecule has 0 radical (unpaired) electrons. The summed E-state index contributed by atoms with van der Waals surface area (Å²) in [6.07, 6.45) is 0.199. The summed E-state index contributed by atoms with van der Waals surface area (Å²) in [4.78, 5) is 50.0. The molecule has 9 nitrogen and oxygen atoms in total. The smallest absolute Gasteiger partial charge is 0.413 e. The SMILES string of the molecule is CC(NC(=O)Oc1ccccc1)C(=O)NC(C(=O)N1CCCC1C(=O)O)C(C)C. The zero-order valence-corrected chi connectivity index (χ0v) is 16.8. The largest absolute Gasteiger partial charge is 0.480 e. The first-order valence-electron chi connectivity index (χ1n) is 9.57. The summed E-state index contributed by atoms with van der Waals surface area (Å²) in [5.41, 5.74) is 0. The minimum Gasteiger partial charge on any atom is -0.480 e. The van der Waals surface area contributed by atoms with Crippen molar-refractivity contribution in [1.82, 2.24) is 15.5 Å². The lowest BCUT2D eigenvalue weighted by atomic mass is 10.0. The van der Waals surface area contributed by atoms with Crippen LogP contribution in [-0.4, -0.2) is 58.6 Å². The number of hydrogen-bond donors (Lipinski definition) is 3. The number of nitrogens with zero attached hydrogens (tertiary/aromatic N) is 1. The second-order valence-corrected chi connectivity index (χ2v) is 7.33. The molecule has 9 heteroatoms. The normalized spacial score (nSPS) is 18.1. The van der Waals surface area contributed by atoms with Crippen molar-refractivity contribution in [3.8, 4) is 5.75 Å². The molecule has 29 heavy (non-hydrogen) atoms. The first kappa shape index (κ1) is 22.2. The number of likely N-dealkylation sites (tertiary alicyclic amines) is 1. The second-order valence-electron chi connectivity index (χ2n) is 7.33. The van der Waals surface area contributed by atoms with Crippen molar-refractivity contribution >= 4 is 23.9 Å². The maximum atomic E-state index is 12.9. The number of carboxylic acids is 1. The molecule has 3 atom stereocenters. The lowest BCUT2D eigenvalue weighted by molar-refractivity contribution is -0.150. The average molecular weight is 405 g/mol. The molecule has 1 aromatic rings. The molecule has 1 aliphatic rings. The highest BCUT2D eigenvalue weighted by Crippen LogP contribution is 2.20. The van der Waals surface area contributed by atoms with E-state index in [-0.39, 0.29) is 5.92 Å². The zero-order valence-electron chi connectivity index (χ0n) is 16.8. The highest BCUT2D eigenvalue weighted by molar-refractivity contribution is 5.93. The minimum absolute atomic E-state index is 0.259. The Morgan fingerprint density at radius 1 is 1.10 bits per heavy atom. The zero-order chi connectivity index (χ0) is 21.6. The summed E-state index contributed by atoms with van der Waals surface area (Å²) in [5.74, 6) is -1.97. The Labute approximate surface area is 169 Å². The number of nitrogens with one attached hydrogen (secondary N) is 2. The number of benzene rings is 1. The lowest BCUT2D eigenvalue weighted by Crippen LogP contribution is -2.57. The van der Waals surface area contributed by atoms with E-state index in [1.165, 1.54) is 11.8 Å². The van der Waals surface area contributed by atoms with Gasteiger partial charge in [0.1, 0.15) is 23.9 Å². The van der Waals surface area contributed by atoms with Gasteiger partial charge >= 0.3 is 12.1 Å². The molecule has 2 rings (SSSR count). The number of para-hydroxylation sites is 1. The summed E-state index contributed by atoms with van der Waals surface area (Å²) in [6, 6.07) is 5.68. The van der Waals surface area contributed by atoms with Gasteiger partial charge in [-0.1, -0.05) is 32.0 Å². The van der Waals surface area contributed by atoms with Crippen LogP contribution in [0.25, 0.3) is 0 Å². The van der Waals surface area contributed by atoms with E-state index in [9.17, 15) is 24.3 Å². The van der Waals surface area contributed by atoms with Crippen LogP contribution < -0.4 is 15.4 Å². The van der Waals surface area contributed by atoms with E-state index in [4.69, 9.17) is 4.74 Å². The Bertz CT molecular complexity index is 752. The number of aliphatic carboxylic acids is 1. The quantitative estimate of drug-likeness (QED) is 0.629. The molecule has 3 unspecified atom stereocenters. The van der Waals surface area contributed by atoms with Crippen LogP contribution in [0.2, 0.25) is 0 Å². The van der Waals surface area contributed by atoms with Gasteiger partial charge in [-0.05, 0) is 37.8 Å². The molecule has 0 aliphatic carbocycles. The fraction of sp³-hybridized carbons (Fsp3) is 0.500. The van der Waals surface area contributed by atoms with Gasteiger partial charge in [-0.25, -0.2) is 9.59 Å². The Morgan fingerprint density at radius 2 is 1.76 bits per heavy atom. The van der Waals surface area contributed by atoms with Crippen LogP contribution in [0.5, 0.6) is 5.75 Å². The van der Waals surface area contributed by atoms with Gasteiger partial charge in [-0.2, -0.15) is 0 Å². The number of carbonyl (C=O) groups excluding carboxylic acids is 3. The molecule has 0 spiro atoms. The second kappa shape index (κ2) is 9.90. The summed E-state index contributed by atoms with van der Waals surface area (Å²) >= 11 is 0. The van der Waals surface area contributed by atoms with E-state index >= 15 is 0 Å². The summed E-state index contributed by atoms with van der Waals surface area (Å²) in [5, 5.41) is 14.3. The summed E-state index contributed by atoms with van der Waals surface area (Å²) < 4.78 is 5.09. The van der Waals surface area contributed by atoms with E-state index in [2.05, 4.69) is 10.6 Å². The average Bonchev–Trinajstić information content (AvgIpc) is 3.16. The van der Waals surface area contributed by atoms with E-state index in [0.29, 0.717) is 25.1 Å².